The number of aldehydes is 1. The van der Waals surface area contributed by atoms with E-state index in [1.54, 1.807) is 37.4 Å². The Kier molecular flexibility index (Phi) is 6.42. The number of carbonyl (C=O) groups excluding carboxylic acids is 1. The third kappa shape index (κ3) is 5.79. The van der Waals surface area contributed by atoms with Crippen molar-refractivity contribution < 1.29 is 9.90 Å². The molecule has 0 saturated carbocycles. The second kappa shape index (κ2) is 7.84. The number of nitrogens with zero attached hydrogens (tertiary/aromatic N) is 2. The Hall–Kier alpha value is -1.49. The van der Waals surface area contributed by atoms with Crippen molar-refractivity contribution in [2.75, 3.05) is 0 Å². The van der Waals surface area contributed by atoms with Gasteiger partial charge in [-0.25, -0.2) is 9.97 Å². The molecule has 2 rings (SSSR count). The predicted molar refractivity (Wildman–Crippen MR) is 74.5 cm³/mol. The highest BCUT2D eigenvalue weighted by molar-refractivity contribution is 6.29. The first-order chi connectivity index (χ1) is 9.02. The van der Waals surface area contributed by atoms with E-state index in [9.17, 15) is 4.79 Å². The second-order valence-electron chi connectivity index (χ2n) is 3.62. The van der Waals surface area contributed by atoms with Crippen LogP contribution in [-0.2, 0) is 0 Å². The molecule has 2 aromatic rings. The van der Waals surface area contributed by atoms with E-state index in [0.29, 0.717) is 15.9 Å². The molecule has 0 saturated heterocycles. The summed E-state index contributed by atoms with van der Waals surface area (Å²) in [6.45, 7) is 1.69. The molecule has 0 spiro atoms. The summed E-state index contributed by atoms with van der Waals surface area (Å²) in [4.78, 5) is 17.5. The quantitative estimate of drug-likeness (QED) is 0.682. The largest absolute Gasteiger partial charge is 0.389 e. The summed E-state index contributed by atoms with van der Waals surface area (Å²) in [5, 5.41) is 9.88. The number of aliphatic hydroxyl groups excluding tert-OH is 1. The molecule has 19 heavy (non-hydrogen) atoms. The molecule has 0 aliphatic rings. The van der Waals surface area contributed by atoms with Gasteiger partial charge < -0.3 is 5.11 Å². The van der Waals surface area contributed by atoms with Crippen molar-refractivity contribution in [3.05, 3.63) is 58.1 Å². The Labute approximate surface area is 121 Å². The molecule has 0 aliphatic heterocycles. The topological polar surface area (TPSA) is 63.1 Å². The van der Waals surface area contributed by atoms with Crippen LogP contribution in [0.2, 0.25) is 10.3 Å². The van der Waals surface area contributed by atoms with E-state index in [2.05, 4.69) is 9.97 Å². The highest BCUT2D eigenvalue weighted by Gasteiger charge is 1.98. The lowest BCUT2D eigenvalue weighted by Crippen LogP contribution is -1.90. The van der Waals surface area contributed by atoms with Crippen molar-refractivity contribution >= 4 is 29.5 Å². The predicted octanol–water partition coefficient (Wildman–Crippen LogP) is 3.34. The Balaban J connectivity index is 0.000000191. The maximum absolute atomic E-state index is 10.0. The van der Waals surface area contributed by atoms with E-state index in [0.717, 1.165) is 11.8 Å². The Morgan fingerprint density at radius 1 is 1.11 bits per heavy atom. The third-order valence-electron chi connectivity index (χ3n) is 2.12. The van der Waals surface area contributed by atoms with Gasteiger partial charge in [0.2, 0.25) is 0 Å². The van der Waals surface area contributed by atoms with Gasteiger partial charge >= 0.3 is 0 Å². The minimum Gasteiger partial charge on any atom is -0.389 e. The zero-order chi connectivity index (χ0) is 14.3. The number of rotatable bonds is 2. The number of carbonyl (C=O) groups is 1. The minimum absolute atomic E-state index is 0.403. The van der Waals surface area contributed by atoms with Crippen LogP contribution in [0, 0.1) is 0 Å². The monoisotopic (exact) mass is 298 g/mol. The molecule has 1 N–H and O–H groups in total. The number of hydrogen-bond donors (Lipinski definition) is 1. The van der Waals surface area contributed by atoms with E-state index in [1.165, 1.54) is 6.20 Å². The van der Waals surface area contributed by atoms with Crippen LogP contribution in [0.1, 0.15) is 28.9 Å². The normalized spacial score (nSPS) is 11.2. The van der Waals surface area contributed by atoms with Crippen LogP contribution >= 0.6 is 23.2 Å². The summed E-state index contributed by atoms with van der Waals surface area (Å²) in [5.74, 6) is 0. The van der Waals surface area contributed by atoms with Crippen LogP contribution in [0.3, 0.4) is 0 Å². The Bertz CT molecular complexity index is 513. The summed E-state index contributed by atoms with van der Waals surface area (Å²) in [5.41, 5.74) is 1.32. The molecule has 0 fully saturated rings. The molecular weight excluding hydrogens is 287 g/mol. The Morgan fingerprint density at radius 2 is 1.68 bits per heavy atom. The average molecular weight is 299 g/mol. The molecule has 0 aliphatic carbocycles. The molecule has 4 nitrogen and oxygen atoms in total. The standard InChI is InChI=1S/C7H8ClNO.C6H4ClNO/c1-5(10)6-2-3-7(8)9-4-6;7-6-2-1-5(4-9)3-8-6/h2-5,10H,1H3;1-4H. The zero-order valence-electron chi connectivity index (χ0n) is 10.1. The Morgan fingerprint density at radius 3 is 2.05 bits per heavy atom. The van der Waals surface area contributed by atoms with Gasteiger partial charge in [-0.3, -0.25) is 4.79 Å². The van der Waals surface area contributed by atoms with Crippen LogP contribution in [-0.4, -0.2) is 21.4 Å². The van der Waals surface area contributed by atoms with Crippen molar-refractivity contribution in [1.82, 2.24) is 9.97 Å². The number of aromatic nitrogens is 2. The fourth-order valence-electron chi connectivity index (χ4n) is 1.09. The van der Waals surface area contributed by atoms with Gasteiger partial charge in [-0.1, -0.05) is 29.3 Å². The minimum atomic E-state index is -0.468. The maximum atomic E-state index is 10.0. The smallest absolute Gasteiger partial charge is 0.151 e. The summed E-state index contributed by atoms with van der Waals surface area (Å²) in [6, 6.07) is 6.59. The van der Waals surface area contributed by atoms with Gasteiger partial charge in [-0.15, -0.1) is 0 Å². The lowest BCUT2D eigenvalue weighted by molar-refractivity contribution is 0.112. The third-order valence-corrected chi connectivity index (χ3v) is 2.57. The van der Waals surface area contributed by atoms with Crippen molar-refractivity contribution in [2.45, 2.75) is 13.0 Å². The number of halogens is 2. The highest BCUT2D eigenvalue weighted by atomic mass is 35.5. The molecule has 0 aromatic carbocycles. The van der Waals surface area contributed by atoms with Crippen LogP contribution in [0.5, 0.6) is 0 Å². The van der Waals surface area contributed by atoms with E-state index in [4.69, 9.17) is 28.3 Å². The lowest BCUT2D eigenvalue weighted by Gasteiger charge is -2.01. The molecule has 1 unspecified atom stereocenters. The van der Waals surface area contributed by atoms with Crippen molar-refractivity contribution in [1.29, 1.82) is 0 Å². The lowest BCUT2D eigenvalue weighted by atomic mass is 10.2. The highest BCUT2D eigenvalue weighted by Crippen LogP contribution is 2.12. The van der Waals surface area contributed by atoms with E-state index >= 15 is 0 Å². The molecule has 2 aromatic heterocycles. The fourth-order valence-corrected chi connectivity index (χ4v) is 1.31. The van der Waals surface area contributed by atoms with E-state index in [1.807, 2.05) is 0 Å². The maximum Gasteiger partial charge on any atom is 0.151 e. The molecule has 0 bridgehead atoms. The van der Waals surface area contributed by atoms with Crippen LogP contribution in [0.25, 0.3) is 0 Å². The average Bonchev–Trinajstić information content (AvgIpc) is 2.41. The van der Waals surface area contributed by atoms with Gasteiger partial charge in [0.1, 0.15) is 10.3 Å². The summed E-state index contributed by atoms with van der Waals surface area (Å²) < 4.78 is 0. The van der Waals surface area contributed by atoms with Gasteiger partial charge in [-0.05, 0) is 30.7 Å². The van der Waals surface area contributed by atoms with Gasteiger partial charge in [-0.2, -0.15) is 0 Å². The fraction of sp³-hybridized carbons (Fsp3) is 0.154. The molecule has 100 valence electrons. The first-order valence-corrected chi connectivity index (χ1v) is 6.14. The molecule has 0 amide bonds. The zero-order valence-corrected chi connectivity index (χ0v) is 11.6. The van der Waals surface area contributed by atoms with Crippen molar-refractivity contribution in [3.63, 3.8) is 0 Å². The van der Waals surface area contributed by atoms with E-state index < -0.39 is 6.10 Å². The SMILES string of the molecule is CC(O)c1ccc(Cl)nc1.O=Cc1ccc(Cl)nc1. The summed E-state index contributed by atoms with van der Waals surface area (Å²) in [6.07, 6.45) is 3.25. The van der Waals surface area contributed by atoms with Crippen molar-refractivity contribution in [2.24, 2.45) is 0 Å². The summed E-state index contributed by atoms with van der Waals surface area (Å²) in [7, 11) is 0. The van der Waals surface area contributed by atoms with Crippen LogP contribution in [0.15, 0.2) is 36.7 Å². The first kappa shape index (κ1) is 15.6. The van der Waals surface area contributed by atoms with Gasteiger partial charge in [0, 0.05) is 18.0 Å². The molecule has 2 heterocycles. The number of aliphatic hydroxyl groups is 1. The molecule has 6 heteroatoms. The molecule has 0 radical (unpaired) electrons. The van der Waals surface area contributed by atoms with Crippen molar-refractivity contribution in [3.8, 4) is 0 Å². The molecule has 1 atom stereocenters. The molecular formula is C13H12Cl2N2O2. The number of pyridine rings is 2. The second-order valence-corrected chi connectivity index (χ2v) is 4.40. The van der Waals surface area contributed by atoms with E-state index in [-0.39, 0.29) is 0 Å². The first-order valence-electron chi connectivity index (χ1n) is 5.39. The number of hydrogen-bond acceptors (Lipinski definition) is 4. The van der Waals surface area contributed by atoms with Gasteiger partial charge in [0.15, 0.2) is 6.29 Å². The summed E-state index contributed by atoms with van der Waals surface area (Å²) >= 11 is 11.0. The van der Waals surface area contributed by atoms with Gasteiger partial charge in [0.25, 0.3) is 0 Å². The van der Waals surface area contributed by atoms with Gasteiger partial charge in [0.05, 0.1) is 6.10 Å². The van der Waals surface area contributed by atoms with Crippen LogP contribution < -0.4 is 0 Å². The van der Waals surface area contributed by atoms with Crippen LogP contribution in [0.4, 0.5) is 0 Å².